The van der Waals surface area contributed by atoms with E-state index in [-0.39, 0.29) is 11.9 Å². The van der Waals surface area contributed by atoms with E-state index in [4.69, 9.17) is 4.98 Å². The number of hydrogen-bond donors (Lipinski definition) is 0. The summed E-state index contributed by atoms with van der Waals surface area (Å²) < 4.78 is 2.11. The topological polar surface area (TPSA) is 51.0 Å². The van der Waals surface area contributed by atoms with E-state index in [0.717, 1.165) is 56.0 Å². The highest BCUT2D eigenvalue weighted by Crippen LogP contribution is 2.32. The van der Waals surface area contributed by atoms with Gasteiger partial charge in [-0.3, -0.25) is 9.78 Å². The van der Waals surface area contributed by atoms with Crippen LogP contribution in [0.5, 0.6) is 0 Å². The molecule has 0 bridgehead atoms. The Morgan fingerprint density at radius 2 is 2.00 bits per heavy atom. The molecule has 0 spiro atoms. The highest BCUT2D eigenvalue weighted by Gasteiger charge is 2.30. The van der Waals surface area contributed by atoms with Gasteiger partial charge in [0, 0.05) is 37.6 Å². The van der Waals surface area contributed by atoms with Crippen molar-refractivity contribution in [3.8, 4) is 0 Å². The molecule has 2 aromatic heterocycles. The van der Waals surface area contributed by atoms with E-state index < -0.39 is 0 Å². The summed E-state index contributed by atoms with van der Waals surface area (Å²) in [6, 6.07) is 13.1. The summed E-state index contributed by atoms with van der Waals surface area (Å²) in [5.41, 5.74) is 5.92. The molecule has 1 aliphatic rings. The lowest BCUT2D eigenvalue weighted by Gasteiger charge is -2.25. The van der Waals surface area contributed by atoms with Crippen molar-refractivity contribution >= 4 is 5.91 Å². The Hall–Kier alpha value is -2.95. The van der Waals surface area contributed by atoms with Crippen LogP contribution < -0.4 is 0 Å². The van der Waals surface area contributed by atoms with Gasteiger partial charge in [-0.25, -0.2) is 4.98 Å². The molecule has 5 nitrogen and oxygen atoms in total. The SMILES string of the molecule is Cc1cccc(Cc2cc(C)nc([C@@H]3CCCN3C(=O)CCCn3ccnc3C)c2)c1. The van der Waals surface area contributed by atoms with Crippen LogP contribution in [0.3, 0.4) is 0 Å². The lowest BCUT2D eigenvalue weighted by molar-refractivity contribution is -0.132. The smallest absolute Gasteiger partial charge is 0.223 e. The maximum Gasteiger partial charge on any atom is 0.223 e. The van der Waals surface area contributed by atoms with Gasteiger partial charge in [0.25, 0.3) is 0 Å². The zero-order valence-corrected chi connectivity index (χ0v) is 18.8. The molecule has 0 N–H and O–H groups in total. The van der Waals surface area contributed by atoms with Crippen molar-refractivity contribution in [3.63, 3.8) is 0 Å². The third kappa shape index (κ3) is 5.22. The summed E-state index contributed by atoms with van der Waals surface area (Å²) >= 11 is 0. The maximum absolute atomic E-state index is 13.0. The first-order chi connectivity index (χ1) is 15.0. The van der Waals surface area contributed by atoms with Gasteiger partial charge in [0.15, 0.2) is 0 Å². The van der Waals surface area contributed by atoms with E-state index in [1.807, 2.05) is 19.3 Å². The van der Waals surface area contributed by atoms with Gasteiger partial charge in [0.05, 0.1) is 11.7 Å². The second-order valence-electron chi connectivity index (χ2n) is 8.72. The monoisotopic (exact) mass is 416 g/mol. The van der Waals surface area contributed by atoms with Gasteiger partial charge in [-0.05, 0) is 69.7 Å². The zero-order valence-electron chi connectivity index (χ0n) is 18.8. The first kappa shape index (κ1) is 21.3. The minimum atomic E-state index is 0.0960. The average molecular weight is 417 g/mol. The van der Waals surface area contributed by atoms with E-state index >= 15 is 0 Å². The molecular formula is C26H32N4O. The fourth-order valence-corrected chi connectivity index (χ4v) is 4.66. The number of hydrogen-bond acceptors (Lipinski definition) is 3. The first-order valence-corrected chi connectivity index (χ1v) is 11.3. The number of aryl methyl sites for hydroxylation is 4. The number of nitrogens with zero attached hydrogens (tertiary/aromatic N) is 4. The van der Waals surface area contributed by atoms with Crippen LogP contribution in [0.1, 0.15) is 65.6 Å². The maximum atomic E-state index is 13.0. The van der Waals surface area contributed by atoms with Crippen molar-refractivity contribution in [1.29, 1.82) is 0 Å². The highest BCUT2D eigenvalue weighted by molar-refractivity contribution is 5.77. The summed E-state index contributed by atoms with van der Waals surface area (Å²) in [6.45, 7) is 7.84. The van der Waals surface area contributed by atoms with Crippen LogP contribution in [-0.2, 0) is 17.8 Å². The number of pyridine rings is 1. The van der Waals surface area contributed by atoms with Crippen LogP contribution in [0.15, 0.2) is 48.8 Å². The normalized spacial score (nSPS) is 16.1. The summed E-state index contributed by atoms with van der Waals surface area (Å²) in [5, 5.41) is 0. The fourth-order valence-electron chi connectivity index (χ4n) is 4.66. The second kappa shape index (κ2) is 9.46. The lowest BCUT2D eigenvalue weighted by atomic mass is 10.0. The van der Waals surface area contributed by atoms with Crippen LogP contribution in [-0.4, -0.2) is 31.9 Å². The molecule has 0 aliphatic carbocycles. The number of carbonyl (C=O) groups excluding carboxylic acids is 1. The van der Waals surface area contributed by atoms with Crippen molar-refractivity contribution in [2.75, 3.05) is 6.54 Å². The summed E-state index contributed by atoms with van der Waals surface area (Å²) in [6.07, 6.45) is 8.11. The number of likely N-dealkylation sites (tertiary alicyclic amines) is 1. The van der Waals surface area contributed by atoms with E-state index in [1.165, 1.54) is 16.7 Å². The number of carbonyl (C=O) groups is 1. The Bertz CT molecular complexity index is 1060. The van der Waals surface area contributed by atoms with Crippen molar-refractivity contribution in [2.45, 2.75) is 65.5 Å². The largest absolute Gasteiger partial charge is 0.335 e. The van der Waals surface area contributed by atoms with Gasteiger partial charge in [-0.1, -0.05) is 29.8 Å². The van der Waals surface area contributed by atoms with Gasteiger partial charge < -0.3 is 9.47 Å². The van der Waals surface area contributed by atoms with Crippen molar-refractivity contribution in [2.24, 2.45) is 0 Å². The molecular weight excluding hydrogens is 384 g/mol. The van der Waals surface area contributed by atoms with Crippen LogP contribution in [0.2, 0.25) is 0 Å². The Kier molecular flexibility index (Phi) is 6.50. The Morgan fingerprint density at radius 3 is 2.77 bits per heavy atom. The van der Waals surface area contributed by atoms with E-state index in [0.29, 0.717) is 6.42 Å². The summed E-state index contributed by atoms with van der Waals surface area (Å²) in [7, 11) is 0. The van der Waals surface area contributed by atoms with E-state index in [1.54, 1.807) is 0 Å². The number of benzene rings is 1. The fraction of sp³-hybridized carbons (Fsp3) is 0.423. The second-order valence-corrected chi connectivity index (χ2v) is 8.72. The standard InChI is InChI=1S/C26H32N4O/c1-19-7-4-8-22(15-19)17-23-16-20(2)28-24(18-23)25-9-5-13-30(25)26(31)10-6-12-29-14-11-27-21(29)3/h4,7-8,11,14-16,18,25H,5-6,9-10,12-13,17H2,1-3H3/t25-/m0/s1. The molecule has 162 valence electrons. The van der Waals surface area contributed by atoms with Gasteiger partial charge in [-0.15, -0.1) is 0 Å². The number of aromatic nitrogens is 3. The molecule has 1 amide bonds. The average Bonchev–Trinajstić information content (AvgIpc) is 3.37. The Labute approximate surface area is 185 Å². The molecule has 0 radical (unpaired) electrons. The molecule has 1 aromatic carbocycles. The number of amides is 1. The van der Waals surface area contributed by atoms with Crippen molar-refractivity contribution < 1.29 is 4.79 Å². The van der Waals surface area contributed by atoms with Gasteiger partial charge in [0.2, 0.25) is 5.91 Å². The quantitative estimate of drug-likeness (QED) is 0.548. The molecule has 3 heterocycles. The van der Waals surface area contributed by atoms with E-state index in [9.17, 15) is 4.79 Å². The van der Waals surface area contributed by atoms with Crippen LogP contribution in [0.25, 0.3) is 0 Å². The molecule has 31 heavy (non-hydrogen) atoms. The van der Waals surface area contributed by atoms with Crippen molar-refractivity contribution in [3.05, 3.63) is 82.7 Å². The lowest BCUT2D eigenvalue weighted by Crippen LogP contribution is -2.31. The minimum absolute atomic E-state index is 0.0960. The first-order valence-electron chi connectivity index (χ1n) is 11.3. The van der Waals surface area contributed by atoms with Crippen LogP contribution in [0, 0.1) is 20.8 Å². The van der Waals surface area contributed by atoms with Gasteiger partial charge >= 0.3 is 0 Å². The molecule has 1 saturated heterocycles. The molecule has 1 atom stereocenters. The summed E-state index contributed by atoms with van der Waals surface area (Å²) in [5.74, 6) is 1.24. The molecule has 1 aliphatic heterocycles. The Morgan fingerprint density at radius 1 is 1.13 bits per heavy atom. The highest BCUT2D eigenvalue weighted by atomic mass is 16.2. The molecule has 3 aromatic rings. The molecule has 1 fully saturated rings. The predicted octanol–water partition coefficient (Wildman–Crippen LogP) is 4.94. The Balaban J connectivity index is 1.44. The zero-order chi connectivity index (χ0) is 21.8. The molecule has 4 rings (SSSR count). The number of imidazole rings is 1. The molecule has 0 saturated carbocycles. The van der Waals surface area contributed by atoms with Crippen LogP contribution in [0.4, 0.5) is 0 Å². The third-order valence-electron chi connectivity index (χ3n) is 6.15. The van der Waals surface area contributed by atoms with Gasteiger partial charge in [0.1, 0.15) is 5.82 Å². The van der Waals surface area contributed by atoms with E-state index in [2.05, 4.69) is 64.7 Å². The minimum Gasteiger partial charge on any atom is -0.335 e. The van der Waals surface area contributed by atoms with Crippen LogP contribution >= 0.6 is 0 Å². The number of rotatable bonds is 7. The van der Waals surface area contributed by atoms with Crippen molar-refractivity contribution in [1.82, 2.24) is 19.4 Å². The predicted molar refractivity (Wildman–Crippen MR) is 123 cm³/mol. The summed E-state index contributed by atoms with van der Waals surface area (Å²) in [4.78, 5) is 24.2. The molecule has 5 heteroatoms. The third-order valence-corrected chi connectivity index (χ3v) is 6.15. The molecule has 0 unspecified atom stereocenters. The van der Waals surface area contributed by atoms with Gasteiger partial charge in [-0.2, -0.15) is 0 Å².